The zero-order chi connectivity index (χ0) is 13.3. The highest BCUT2D eigenvalue weighted by Crippen LogP contribution is 2.37. The van der Waals surface area contributed by atoms with Crippen molar-refractivity contribution in [1.82, 2.24) is 0 Å². The standard InChI is InChI=1S/C12H10BrCl2NO2/c13-3-1-2-4-16-9-6-7(14)5-8(15)10(9)11(17)12(16)18/h5-6H,1-4H2. The van der Waals surface area contributed by atoms with Gasteiger partial charge in [0.25, 0.3) is 11.7 Å². The first-order chi connectivity index (χ1) is 8.56. The molecule has 6 heteroatoms. The van der Waals surface area contributed by atoms with Crippen molar-refractivity contribution >= 4 is 56.5 Å². The summed E-state index contributed by atoms with van der Waals surface area (Å²) >= 11 is 15.2. The maximum absolute atomic E-state index is 11.9. The highest BCUT2D eigenvalue weighted by molar-refractivity contribution is 9.09. The molecule has 1 aliphatic rings. The van der Waals surface area contributed by atoms with Crippen LogP contribution >= 0.6 is 39.1 Å². The summed E-state index contributed by atoms with van der Waals surface area (Å²) in [7, 11) is 0. The lowest BCUT2D eigenvalue weighted by molar-refractivity contribution is -0.114. The van der Waals surface area contributed by atoms with Crippen molar-refractivity contribution in [3.63, 3.8) is 0 Å². The van der Waals surface area contributed by atoms with Gasteiger partial charge in [-0.3, -0.25) is 9.59 Å². The third kappa shape index (κ3) is 2.42. The molecule has 3 nitrogen and oxygen atoms in total. The van der Waals surface area contributed by atoms with E-state index in [2.05, 4.69) is 15.9 Å². The van der Waals surface area contributed by atoms with E-state index in [0.29, 0.717) is 17.3 Å². The first-order valence-corrected chi connectivity index (χ1v) is 7.35. The molecule has 96 valence electrons. The molecule has 0 radical (unpaired) electrons. The lowest BCUT2D eigenvalue weighted by Gasteiger charge is -2.16. The van der Waals surface area contributed by atoms with Gasteiger partial charge in [0.05, 0.1) is 16.3 Å². The summed E-state index contributed by atoms with van der Waals surface area (Å²) in [5.74, 6) is -1.07. The molecule has 1 amide bonds. The minimum absolute atomic E-state index is 0.235. The minimum Gasteiger partial charge on any atom is -0.305 e. The van der Waals surface area contributed by atoms with Crippen molar-refractivity contribution in [2.45, 2.75) is 12.8 Å². The van der Waals surface area contributed by atoms with Crippen LogP contribution in [0, 0.1) is 0 Å². The van der Waals surface area contributed by atoms with Crippen molar-refractivity contribution in [2.75, 3.05) is 16.8 Å². The first kappa shape index (κ1) is 13.8. The highest BCUT2D eigenvalue weighted by atomic mass is 79.9. The van der Waals surface area contributed by atoms with Gasteiger partial charge < -0.3 is 4.90 Å². The van der Waals surface area contributed by atoms with Crippen LogP contribution in [-0.4, -0.2) is 23.6 Å². The molecule has 0 aliphatic carbocycles. The predicted octanol–water partition coefficient (Wildman–Crippen LogP) is 3.70. The monoisotopic (exact) mass is 349 g/mol. The summed E-state index contributed by atoms with van der Waals surface area (Å²) in [4.78, 5) is 25.2. The minimum atomic E-state index is -0.550. The number of halogens is 3. The number of carbonyl (C=O) groups excluding carboxylic acids is 2. The molecule has 1 aliphatic heterocycles. The largest absolute Gasteiger partial charge is 0.305 e. The second-order valence-corrected chi connectivity index (χ2v) is 5.60. The Hall–Kier alpha value is -0.580. The lowest BCUT2D eigenvalue weighted by atomic mass is 10.1. The average molecular weight is 351 g/mol. The van der Waals surface area contributed by atoms with Crippen LogP contribution in [0.1, 0.15) is 23.2 Å². The Labute approximate surface area is 123 Å². The molecular formula is C12H10BrCl2NO2. The van der Waals surface area contributed by atoms with Crippen LogP contribution in [0.15, 0.2) is 12.1 Å². The van der Waals surface area contributed by atoms with E-state index in [1.165, 1.54) is 11.0 Å². The third-order valence-corrected chi connectivity index (χ3v) is 3.83. The van der Waals surface area contributed by atoms with Gasteiger partial charge in [-0.05, 0) is 25.0 Å². The van der Waals surface area contributed by atoms with Gasteiger partial charge in [-0.15, -0.1) is 0 Å². The molecule has 0 spiro atoms. The van der Waals surface area contributed by atoms with Gasteiger partial charge in [0.2, 0.25) is 0 Å². The SMILES string of the molecule is O=C1C(=O)N(CCCCBr)c2cc(Cl)cc(Cl)c21. The van der Waals surface area contributed by atoms with Crippen molar-refractivity contribution in [2.24, 2.45) is 0 Å². The topological polar surface area (TPSA) is 37.4 Å². The average Bonchev–Trinajstić information content (AvgIpc) is 2.54. The van der Waals surface area contributed by atoms with Crippen LogP contribution < -0.4 is 4.90 Å². The maximum atomic E-state index is 11.9. The number of ketones is 1. The number of Topliss-reactive ketones (excluding diaryl/α,β-unsaturated/α-hetero) is 1. The summed E-state index contributed by atoms with van der Waals surface area (Å²) in [6.07, 6.45) is 1.75. The summed E-state index contributed by atoms with van der Waals surface area (Å²) < 4.78 is 0. The molecular weight excluding hydrogens is 341 g/mol. The highest BCUT2D eigenvalue weighted by Gasteiger charge is 2.37. The van der Waals surface area contributed by atoms with E-state index in [1.54, 1.807) is 6.07 Å². The molecule has 0 saturated carbocycles. The van der Waals surface area contributed by atoms with E-state index in [0.717, 1.165) is 18.2 Å². The van der Waals surface area contributed by atoms with Crippen LogP contribution in [0.3, 0.4) is 0 Å². The number of hydrogen-bond donors (Lipinski definition) is 0. The number of alkyl halides is 1. The van der Waals surface area contributed by atoms with Crippen LogP contribution in [0.4, 0.5) is 5.69 Å². The van der Waals surface area contributed by atoms with Gasteiger partial charge >= 0.3 is 0 Å². The Bertz CT molecular complexity index is 519. The molecule has 1 aromatic carbocycles. The fourth-order valence-corrected chi connectivity index (χ4v) is 2.89. The fraction of sp³-hybridized carbons (Fsp3) is 0.333. The van der Waals surface area contributed by atoms with E-state index < -0.39 is 11.7 Å². The fourth-order valence-electron chi connectivity index (χ4n) is 1.92. The van der Waals surface area contributed by atoms with Gasteiger partial charge in [-0.2, -0.15) is 0 Å². The summed E-state index contributed by atoms with van der Waals surface area (Å²) in [5, 5.41) is 1.53. The Balaban J connectivity index is 2.35. The van der Waals surface area contributed by atoms with Crippen LogP contribution in [0.25, 0.3) is 0 Å². The van der Waals surface area contributed by atoms with Crippen molar-refractivity contribution < 1.29 is 9.59 Å². The van der Waals surface area contributed by atoms with Gasteiger partial charge in [0.15, 0.2) is 0 Å². The Morgan fingerprint density at radius 3 is 2.56 bits per heavy atom. The molecule has 0 atom stereocenters. The van der Waals surface area contributed by atoms with E-state index in [4.69, 9.17) is 23.2 Å². The lowest BCUT2D eigenvalue weighted by Crippen LogP contribution is -2.30. The number of amides is 1. The molecule has 0 N–H and O–H groups in total. The van der Waals surface area contributed by atoms with E-state index in [1.807, 2.05) is 0 Å². The number of fused-ring (bicyclic) bond motifs is 1. The van der Waals surface area contributed by atoms with Crippen LogP contribution in [0.2, 0.25) is 10.0 Å². The molecule has 0 unspecified atom stereocenters. The molecule has 0 fully saturated rings. The van der Waals surface area contributed by atoms with E-state index in [9.17, 15) is 9.59 Å². The van der Waals surface area contributed by atoms with E-state index in [-0.39, 0.29) is 10.6 Å². The number of unbranched alkanes of at least 4 members (excludes halogenated alkanes) is 1. The predicted molar refractivity (Wildman–Crippen MR) is 76.2 cm³/mol. The summed E-state index contributed by atoms with van der Waals surface area (Å²) in [6, 6.07) is 3.09. The number of rotatable bonds is 4. The molecule has 1 aromatic rings. The first-order valence-electron chi connectivity index (χ1n) is 5.47. The molecule has 1 heterocycles. The van der Waals surface area contributed by atoms with Crippen LogP contribution in [-0.2, 0) is 4.79 Å². The zero-order valence-corrected chi connectivity index (χ0v) is 12.5. The van der Waals surface area contributed by atoms with Gasteiger partial charge in [0.1, 0.15) is 0 Å². The van der Waals surface area contributed by atoms with Crippen molar-refractivity contribution in [3.05, 3.63) is 27.7 Å². The quantitative estimate of drug-likeness (QED) is 0.471. The number of hydrogen-bond acceptors (Lipinski definition) is 2. The molecule has 0 saturated heterocycles. The number of benzene rings is 1. The second-order valence-electron chi connectivity index (χ2n) is 3.96. The Morgan fingerprint density at radius 2 is 1.89 bits per heavy atom. The Morgan fingerprint density at radius 1 is 1.17 bits per heavy atom. The summed E-state index contributed by atoms with van der Waals surface area (Å²) in [5.41, 5.74) is 0.794. The number of carbonyl (C=O) groups is 2. The molecule has 18 heavy (non-hydrogen) atoms. The Kier molecular flexibility index (Phi) is 4.30. The zero-order valence-electron chi connectivity index (χ0n) is 9.38. The smallest absolute Gasteiger partial charge is 0.299 e. The third-order valence-electron chi connectivity index (χ3n) is 2.76. The number of nitrogens with zero attached hydrogens (tertiary/aromatic N) is 1. The van der Waals surface area contributed by atoms with Gasteiger partial charge in [0, 0.05) is 16.9 Å². The molecule has 0 aromatic heterocycles. The van der Waals surface area contributed by atoms with Crippen LogP contribution in [0.5, 0.6) is 0 Å². The summed E-state index contributed by atoms with van der Waals surface area (Å²) in [6.45, 7) is 0.500. The molecule has 2 rings (SSSR count). The van der Waals surface area contributed by atoms with Gasteiger partial charge in [-0.25, -0.2) is 0 Å². The van der Waals surface area contributed by atoms with E-state index >= 15 is 0 Å². The van der Waals surface area contributed by atoms with Crippen molar-refractivity contribution in [3.8, 4) is 0 Å². The maximum Gasteiger partial charge on any atom is 0.299 e. The van der Waals surface area contributed by atoms with Gasteiger partial charge in [-0.1, -0.05) is 39.1 Å². The van der Waals surface area contributed by atoms with Crippen molar-refractivity contribution in [1.29, 1.82) is 0 Å². The molecule has 0 bridgehead atoms. The normalized spacial score (nSPS) is 14.3. The second kappa shape index (κ2) is 5.59. The number of anilines is 1.